The Morgan fingerprint density at radius 2 is 1.14 bits per heavy atom. The van der Waals surface area contributed by atoms with E-state index in [2.05, 4.69) is 24.7 Å². The fourth-order valence-electron chi connectivity index (χ4n) is 3.30. The highest BCUT2D eigenvalue weighted by Gasteiger charge is 2.02. The molecule has 166 valence electrons. The molecule has 0 aromatic carbocycles. The molecule has 0 fully saturated rings. The first-order valence-corrected chi connectivity index (χ1v) is 12.4. The second kappa shape index (κ2) is 24.6. The van der Waals surface area contributed by atoms with Gasteiger partial charge in [0, 0.05) is 25.7 Å². The second-order valence-electron chi connectivity index (χ2n) is 8.08. The Kier molecular flexibility index (Phi) is 23.4. The Bertz CT molecular complexity index is 449. The number of rotatable bonds is 20. The van der Waals surface area contributed by atoms with Gasteiger partial charge in [-0.15, -0.1) is 24.2 Å². The van der Waals surface area contributed by atoms with Gasteiger partial charge >= 0.3 is 5.97 Å². The molecule has 29 heavy (non-hydrogen) atoms. The highest BCUT2D eigenvalue weighted by Crippen LogP contribution is 2.10. The van der Waals surface area contributed by atoms with Gasteiger partial charge in [-0.1, -0.05) is 77.6 Å². The van der Waals surface area contributed by atoms with Gasteiger partial charge in [0.15, 0.2) is 0 Å². The maximum Gasteiger partial charge on any atom is 0.305 e. The number of ether oxygens (including phenoxy) is 1. The summed E-state index contributed by atoms with van der Waals surface area (Å²) in [5.74, 6) is 9.25. The molecule has 0 saturated carbocycles. The van der Waals surface area contributed by atoms with Crippen molar-refractivity contribution in [3.8, 4) is 24.2 Å². The van der Waals surface area contributed by atoms with E-state index in [1.807, 2.05) is 0 Å². The van der Waals surface area contributed by atoms with Gasteiger partial charge in [0.05, 0.1) is 6.61 Å². The maximum atomic E-state index is 11.7. The molecule has 0 radical (unpaired) electrons. The Hall–Kier alpha value is -1.41. The van der Waals surface area contributed by atoms with Crippen molar-refractivity contribution in [2.24, 2.45) is 0 Å². The van der Waals surface area contributed by atoms with E-state index in [0.717, 1.165) is 51.4 Å². The summed E-state index contributed by atoms with van der Waals surface area (Å²) < 4.78 is 5.32. The molecular formula is C27H46O2. The third kappa shape index (κ3) is 24.6. The van der Waals surface area contributed by atoms with E-state index in [1.54, 1.807) is 0 Å². The summed E-state index contributed by atoms with van der Waals surface area (Å²) in [6.07, 6.45) is 28.1. The molecule has 0 aromatic rings. The third-order valence-electron chi connectivity index (χ3n) is 5.19. The van der Waals surface area contributed by atoms with Crippen molar-refractivity contribution in [2.75, 3.05) is 6.61 Å². The van der Waals surface area contributed by atoms with Crippen LogP contribution in [-0.4, -0.2) is 12.6 Å². The second-order valence-corrected chi connectivity index (χ2v) is 8.08. The number of terminal acetylenes is 1. The lowest BCUT2D eigenvalue weighted by Gasteiger charge is -2.05. The van der Waals surface area contributed by atoms with Crippen molar-refractivity contribution in [1.82, 2.24) is 0 Å². The minimum atomic E-state index is -0.0297. The minimum Gasteiger partial charge on any atom is -0.466 e. The summed E-state index contributed by atoms with van der Waals surface area (Å²) in [6.45, 7) is 2.83. The zero-order valence-corrected chi connectivity index (χ0v) is 19.2. The SMILES string of the molecule is C#CCCCCCCCCC(=O)OCCCCCCC#CCCCCCCCC. The molecule has 0 N–H and O–H groups in total. The molecule has 2 nitrogen and oxygen atoms in total. The normalized spacial score (nSPS) is 10.2. The monoisotopic (exact) mass is 402 g/mol. The molecule has 0 aliphatic heterocycles. The van der Waals surface area contributed by atoms with Gasteiger partial charge in [-0.3, -0.25) is 4.79 Å². The van der Waals surface area contributed by atoms with Crippen LogP contribution in [-0.2, 0) is 9.53 Å². The summed E-state index contributed by atoms with van der Waals surface area (Å²) in [7, 11) is 0. The van der Waals surface area contributed by atoms with Gasteiger partial charge in [0.2, 0.25) is 0 Å². The first kappa shape index (κ1) is 27.6. The van der Waals surface area contributed by atoms with Gasteiger partial charge < -0.3 is 4.74 Å². The van der Waals surface area contributed by atoms with Crippen molar-refractivity contribution in [3.05, 3.63) is 0 Å². The lowest BCUT2D eigenvalue weighted by molar-refractivity contribution is -0.143. The van der Waals surface area contributed by atoms with Crippen molar-refractivity contribution < 1.29 is 9.53 Å². The Balaban J connectivity index is 3.23. The predicted molar refractivity (Wildman–Crippen MR) is 126 cm³/mol. The number of hydrogen-bond donors (Lipinski definition) is 0. The van der Waals surface area contributed by atoms with Gasteiger partial charge in [-0.2, -0.15) is 0 Å². The van der Waals surface area contributed by atoms with Crippen LogP contribution in [0.4, 0.5) is 0 Å². The summed E-state index contributed by atoms with van der Waals surface area (Å²) in [5, 5.41) is 0. The van der Waals surface area contributed by atoms with Crippen LogP contribution < -0.4 is 0 Å². The highest BCUT2D eigenvalue weighted by molar-refractivity contribution is 5.69. The molecule has 2 heteroatoms. The number of esters is 1. The average molecular weight is 403 g/mol. The van der Waals surface area contributed by atoms with Crippen molar-refractivity contribution in [3.63, 3.8) is 0 Å². The Morgan fingerprint density at radius 1 is 0.655 bits per heavy atom. The lowest BCUT2D eigenvalue weighted by atomic mass is 10.1. The molecule has 0 bridgehead atoms. The van der Waals surface area contributed by atoms with E-state index in [0.29, 0.717) is 13.0 Å². The standard InChI is InChI=1S/C27H46O2/c1-3-5-7-9-11-13-14-15-16-17-18-20-22-24-26-29-27(28)25-23-21-19-12-10-8-6-4-2/h2H,3,5-14,17-26H2,1H3. The van der Waals surface area contributed by atoms with E-state index < -0.39 is 0 Å². The van der Waals surface area contributed by atoms with Crippen LogP contribution in [0.1, 0.15) is 135 Å². The first-order valence-electron chi connectivity index (χ1n) is 12.4. The molecule has 0 aromatic heterocycles. The van der Waals surface area contributed by atoms with E-state index >= 15 is 0 Å². The van der Waals surface area contributed by atoms with Crippen molar-refractivity contribution >= 4 is 5.97 Å². The van der Waals surface area contributed by atoms with Crippen LogP contribution in [0.15, 0.2) is 0 Å². The Labute approximate surface area is 182 Å². The van der Waals surface area contributed by atoms with Crippen LogP contribution in [0.5, 0.6) is 0 Å². The molecule has 0 unspecified atom stereocenters. The molecule has 0 aliphatic carbocycles. The molecule has 0 rings (SSSR count). The summed E-state index contributed by atoms with van der Waals surface area (Å²) in [5.41, 5.74) is 0. The molecular weight excluding hydrogens is 356 g/mol. The van der Waals surface area contributed by atoms with Gasteiger partial charge in [-0.25, -0.2) is 0 Å². The van der Waals surface area contributed by atoms with Crippen LogP contribution in [0, 0.1) is 24.2 Å². The maximum absolute atomic E-state index is 11.7. The zero-order chi connectivity index (χ0) is 21.3. The number of carbonyl (C=O) groups excluding carboxylic acids is 1. The summed E-state index contributed by atoms with van der Waals surface area (Å²) in [6, 6.07) is 0. The largest absolute Gasteiger partial charge is 0.466 e. The fourth-order valence-corrected chi connectivity index (χ4v) is 3.30. The molecule has 0 aliphatic rings. The zero-order valence-electron chi connectivity index (χ0n) is 19.2. The third-order valence-corrected chi connectivity index (χ3v) is 5.19. The van der Waals surface area contributed by atoms with Crippen LogP contribution in [0.2, 0.25) is 0 Å². The molecule has 0 heterocycles. The van der Waals surface area contributed by atoms with Crippen LogP contribution in [0.25, 0.3) is 0 Å². The van der Waals surface area contributed by atoms with Crippen LogP contribution >= 0.6 is 0 Å². The van der Waals surface area contributed by atoms with Crippen molar-refractivity contribution in [1.29, 1.82) is 0 Å². The fraction of sp³-hybridized carbons (Fsp3) is 0.815. The lowest BCUT2D eigenvalue weighted by Crippen LogP contribution is -2.05. The predicted octanol–water partition coefficient (Wildman–Crippen LogP) is 7.99. The quantitative estimate of drug-likeness (QED) is 0.117. The van der Waals surface area contributed by atoms with E-state index in [9.17, 15) is 4.79 Å². The molecule has 0 spiro atoms. The smallest absolute Gasteiger partial charge is 0.305 e. The minimum absolute atomic E-state index is 0.0297. The van der Waals surface area contributed by atoms with Gasteiger partial charge in [0.1, 0.15) is 0 Å². The van der Waals surface area contributed by atoms with Crippen molar-refractivity contribution in [2.45, 2.75) is 135 Å². The highest BCUT2D eigenvalue weighted by atomic mass is 16.5. The molecule has 0 amide bonds. The summed E-state index contributed by atoms with van der Waals surface area (Å²) >= 11 is 0. The summed E-state index contributed by atoms with van der Waals surface area (Å²) in [4.78, 5) is 11.7. The topological polar surface area (TPSA) is 26.3 Å². The number of carbonyl (C=O) groups is 1. The van der Waals surface area contributed by atoms with E-state index in [-0.39, 0.29) is 5.97 Å². The number of unbranched alkanes of at least 4 members (excludes halogenated alkanes) is 16. The molecule has 0 atom stereocenters. The van der Waals surface area contributed by atoms with E-state index in [1.165, 1.54) is 70.6 Å². The first-order chi connectivity index (χ1) is 14.3. The average Bonchev–Trinajstić information content (AvgIpc) is 2.72. The van der Waals surface area contributed by atoms with Crippen LogP contribution in [0.3, 0.4) is 0 Å². The van der Waals surface area contributed by atoms with Gasteiger partial charge in [0.25, 0.3) is 0 Å². The van der Waals surface area contributed by atoms with Gasteiger partial charge in [-0.05, 0) is 32.1 Å². The number of hydrogen-bond acceptors (Lipinski definition) is 2. The van der Waals surface area contributed by atoms with E-state index in [4.69, 9.17) is 11.2 Å². The Morgan fingerprint density at radius 3 is 1.72 bits per heavy atom. The molecule has 0 saturated heterocycles.